The van der Waals surface area contributed by atoms with E-state index >= 15 is 0 Å². The van der Waals surface area contributed by atoms with Crippen molar-refractivity contribution in [2.45, 2.75) is 193 Å². The first-order valence-electron chi connectivity index (χ1n) is 17.7. The molecule has 0 aromatic carbocycles. The van der Waals surface area contributed by atoms with Crippen LogP contribution in [-0.2, 0) is 9.53 Å². The van der Waals surface area contributed by atoms with Gasteiger partial charge in [0.15, 0.2) is 0 Å². The average molecular weight is 570 g/mol. The van der Waals surface area contributed by atoms with Crippen molar-refractivity contribution in [3.63, 3.8) is 0 Å². The van der Waals surface area contributed by atoms with E-state index < -0.39 is 0 Å². The fourth-order valence-electron chi connectivity index (χ4n) is 5.55. The lowest BCUT2D eigenvalue weighted by molar-refractivity contribution is -0.150. The molecule has 2 N–H and O–H groups in total. The molecule has 0 aliphatic heterocycles. The first-order valence-corrected chi connectivity index (χ1v) is 17.7. The topological polar surface area (TPSA) is 70.0 Å². The molecule has 1 atom stereocenters. The lowest BCUT2D eigenvalue weighted by Crippen LogP contribution is -2.29. The van der Waals surface area contributed by atoms with Gasteiger partial charge >= 0.3 is 5.97 Å². The molecule has 5 heteroatoms. The molecular weight excluding hydrogens is 498 g/mol. The summed E-state index contributed by atoms with van der Waals surface area (Å²) in [7, 11) is 0. The Bertz CT molecular complexity index is 498. The molecule has 0 radical (unpaired) electrons. The second kappa shape index (κ2) is 31.3. The second-order valence-corrected chi connectivity index (χ2v) is 12.4. The number of ether oxygens (including phenoxy) is 1. The predicted molar refractivity (Wildman–Crippen MR) is 172 cm³/mol. The van der Waals surface area contributed by atoms with E-state index in [1.54, 1.807) is 0 Å². The Labute approximate surface area is 250 Å². The van der Waals surface area contributed by atoms with Crippen molar-refractivity contribution in [1.29, 1.82) is 0 Å². The van der Waals surface area contributed by atoms with Crippen LogP contribution in [0.15, 0.2) is 0 Å². The van der Waals surface area contributed by atoms with E-state index in [2.05, 4.69) is 18.7 Å². The molecule has 0 fully saturated rings. The quantitative estimate of drug-likeness (QED) is 0.0624. The van der Waals surface area contributed by atoms with E-state index in [1.165, 1.54) is 109 Å². The van der Waals surface area contributed by atoms with Crippen molar-refractivity contribution in [3.05, 3.63) is 0 Å². The number of esters is 1. The van der Waals surface area contributed by atoms with Crippen LogP contribution in [0, 0.1) is 0 Å². The minimum Gasteiger partial charge on any atom is -0.462 e. The van der Waals surface area contributed by atoms with Crippen molar-refractivity contribution in [1.82, 2.24) is 4.90 Å². The number of hydrogen-bond donors (Lipinski definition) is 2. The summed E-state index contributed by atoms with van der Waals surface area (Å²) in [5.41, 5.74) is 0. The highest BCUT2D eigenvalue weighted by Crippen LogP contribution is 2.18. The summed E-state index contributed by atoms with van der Waals surface area (Å²) < 4.78 is 5.98. The Balaban J connectivity index is 4.05. The lowest BCUT2D eigenvalue weighted by Gasteiger charge is -2.21. The Morgan fingerprint density at radius 2 is 1.02 bits per heavy atom. The molecule has 0 rings (SSSR count). The Morgan fingerprint density at radius 1 is 0.600 bits per heavy atom. The normalized spacial score (nSPS) is 12.5. The largest absolute Gasteiger partial charge is 0.462 e. The van der Waals surface area contributed by atoms with Crippen molar-refractivity contribution >= 4 is 5.97 Å². The van der Waals surface area contributed by atoms with Gasteiger partial charge in [-0.2, -0.15) is 0 Å². The molecular formula is C35H71NO4. The van der Waals surface area contributed by atoms with Crippen LogP contribution in [0.25, 0.3) is 0 Å². The standard InChI is InChI=1S/C35H71NO4/c1-4-6-8-10-13-20-26-34(27-21-14-11-9-7-5-2)40-35(39)28-22-15-12-17-23-29-36(31-32-37)30-24-18-16-19-25-33(3)38/h33-34,37-38H,4-32H2,1-3H3. The number of aliphatic hydroxyl groups excluding tert-OH is 2. The smallest absolute Gasteiger partial charge is 0.306 e. The highest BCUT2D eigenvalue weighted by atomic mass is 16.5. The molecule has 0 aliphatic rings. The fraction of sp³-hybridized carbons (Fsp3) is 0.971. The van der Waals surface area contributed by atoms with Gasteiger partial charge in [0.05, 0.1) is 12.7 Å². The molecule has 0 saturated heterocycles. The Morgan fingerprint density at radius 3 is 1.50 bits per heavy atom. The van der Waals surface area contributed by atoms with Crippen LogP contribution < -0.4 is 0 Å². The molecule has 0 heterocycles. The summed E-state index contributed by atoms with van der Waals surface area (Å²) in [6, 6.07) is 0. The molecule has 0 aliphatic carbocycles. The molecule has 1 unspecified atom stereocenters. The van der Waals surface area contributed by atoms with Gasteiger partial charge in [-0.25, -0.2) is 0 Å². The zero-order valence-electron chi connectivity index (χ0n) is 27.3. The average Bonchev–Trinajstić information content (AvgIpc) is 2.93. The van der Waals surface area contributed by atoms with Crippen LogP contribution in [0.2, 0.25) is 0 Å². The van der Waals surface area contributed by atoms with Crippen LogP contribution in [0.1, 0.15) is 181 Å². The second-order valence-electron chi connectivity index (χ2n) is 12.4. The Kier molecular flexibility index (Phi) is 30.8. The molecule has 0 aromatic rings. The number of unbranched alkanes of at least 4 members (excludes halogenated alkanes) is 17. The zero-order chi connectivity index (χ0) is 29.5. The van der Waals surface area contributed by atoms with E-state index in [0.717, 1.165) is 64.6 Å². The van der Waals surface area contributed by atoms with Gasteiger partial charge in [0.2, 0.25) is 0 Å². The number of rotatable bonds is 32. The SMILES string of the molecule is CCCCCCCCC(CCCCCCCC)OC(=O)CCCCCCCN(CCO)CCCCCCC(C)O. The minimum absolute atomic E-state index is 0.0181. The molecule has 0 aromatic heterocycles. The Hall–Kier alpha value is -0.650. The van der Waals surface area contributed by atoms with Crippen molar-refractivity contribution in [2.75, 3.05) is 26.2 Å². The van der Waals surface area contributed by atoms with Gasteiger partial charge in [-0.05, 0) is 71.4 Å². The van der Waals surface area contributed by atoms with Crippen LogP contribution in [-0.4, -0.2) is 59.5 Å². The van der Waals surface area contributed by atoms with Crippen molar-refractivity contribution < 1.29 is 19.7 Å². The van der Waals surface area contributed by atoms with E-state index in [0.29, 0.717) is 6.42 Å². The summed E-state index contributed by atoms with van der Waals surface area (Å²) in [6.07, 6.45) is 29.1. The van der Waals surface area contributed by atoms with Gasteiger partial charge in [-0.3, -0.25) is 4.79 Å². The van der Waals surface area contributed by atoms with Gasteiger partial charge < -0.3 is 19.8 Å². The minimum atomic E-state index is -0.182. The number of nitrogens with zero attached hydrogens (tertiary/aromatic N) is 1. The van der Waals surface area contributed by atoms with Gasteiger partial charge in [0.25, 0.3) is 0 Å². The predicted octanol–water partition coefficient (Wildman–Crippen LogP) is 9.37. The highest BCUT2D eigenvalue weighted by Gasteiger charge is 2.14. The van der Waals surface area contributed by atoms with Crippen LogP contribution in [0.4, 0.5) is 0 Å². The van der Waals surface area contributed by atoms with Gasteiger partial charge in [-0.15, -0.1) is 0 Å². The maximum Gasteiger partial charge on any atom is 0.306 e. The zero-order valence-corrected chi connectivity index (χ0v) is 27.3. The maximum atomic E-state index is 12.6. The molecule has 40 heavy (non-hydrogen) atoms. The third-order valence-corrected chi connectivity index (χ3v) is 8.18. The third-order valence-electron chi connectivity index (χ3n) is 8.18. The number of carbonyl (C=O) groups excluding carboxylic acids is 1. The number of hydrogen-bond acceptors (Lipinski definition) is 5. The van der Waals surface area contributed by atoms with E-state index in [1.807, 2.05) is 6.92 Å². The van der Waals surface area contributed by atoms with Crippen molar-refractivity contribution in [2.24, 2.45) is 0 Å². The first-order chi connectivity index (χ1) is 19.5. The lowest BCUT2D eigenvalue weighted by atomic mass is 10.0. The molecule has 0 amide bonds. The van der Waals surface area contributed by atoms with E-state index in [-0.39, 0.29) is 24.8 Å². The highest BCUT2D eigenvalue weighted by molar-refractivity contribution is 5.69. The first kappa shape index (κ1) is 39.4. The summed E-state index contributed by atoms with van der Waals surface area (Å²) in [6.45, 7) is 9.47. The third kappa shape index (κ3) is 28.9. The van der Waals surface area contributed by atoms with E-state index in [4.69, 9.17) is 4.74 Å². The van der Waals surface area contributed by atoms with Crippen LogP contribution >= 0.6 is 0 Å². The molecule has 0 saturated carbocycles. The fourth-order valence-corrected chi connectivity index (χ4v) is 5.55. The van der Waals surface area contributed by atoms with Gasteiger partial charge in [0.1, 0.15) is 6.10 Å². The maximum absolute atomic E-state index is 12.6. The summed E-state index contributed by atoms with van der Waals surface area (Å²) in [5.74, 6) is 0.0181. The molecule has 240 valence electrons. The molecule has 5 nitrogen and oxygen atoms in total. The van der Waals surface area contributed by atoms with Crippen LogP contribution in [0.3, 0.4) is 0 Å². The van der Waals surface area contributed by atoms with Crippen molar-refractivity contribution in [3.8, 4) is 0 Å². The number of carbonyl (C=O) groups is 1. The molecule has 0 spiro atoms. The van der Waals surface area contributed by atoms with Gasteiger partial charge in [0, 0.05) is 13.0 Å². The van der Waals surface area contributed by atoms with Gasteiger partial charge in [-0.1, -0.05) is 117 Å². The monoisotopic (exact) mass is 570 g/mol. The number of aliphatic hydroxyl groups is 2. The molecule has 0 bridgehead atoms. The summed E-state index contributed by atoms with van der Waals surface area (Å²) in [5, 5.41) is 18.8. The van der Waals surface area contributed by atoms with E-state index in [9.17, 15) is 15.0 Å². The summed E-state index contributed by atoms with van der Waals surface area (Å²) >= 11 is 0. The van der Waals surface area contributed by atoms with Crippen LogP contribution in [0.5, 0.6) is 0 Å². The summed E-state index contributed by atoms with van der Waals surface area (Å²) in [4.78, 5) is 15.0.